The molecule has 2 heteroatoms. The molecule has 114 valence electrons. The molecule has 0 amide bonds. The van der Waals surface area contributed by atoms with Crippen LogP contribution in [0.15, 0.2) is 24.3 Å². The fourth-order valence-corrected chi connectivity index (χ4v) is 2.63. The van der Waals surface area contributed by atoms with Gasteiger partial charge in [0.15, 0.2) is 0 Å². The predicted molar refractivity (Wildman–Crippen MR) is 84.5 cm³/mol. The molecule has 0 heterocycles. The van der Waals surface area contributed by atoms with Gasteiger partial charge in [0.05, 0.1) is 12.2 Å². The van der Waals surface area contributed by atoms with Crippen LogP contribution in [0, 0.1) is 18.8 Å². The Morgan fingerprint density at radius 2 is 1.75 bits per heavy atom. The number of aliphatic hydroxyl groups excluding tert-OH is 1. The summed E-state index contributed by atoms with van der Waals surface area (Å²) < 4.78 is 0. The third-order valence-corrected chi connectivity index (χ3v) is 4.65. The molecule has 0 radical (unpaired) electrons. The maximum atomic E-state index is 10.1. The third-order valence-electron chi connectivity index (χ3n) is 4.65. The van der Waals surface area contributed by atoms with Gasteiger partial charge >= 0.3 is 0 Å². The molecule has 1 aromatic carbocycles. The first-order valence-corrected chi connectivity index (χ1v) is 7.77. The summed E-state index contributed by atoms with van der Waals surface area (Å²) in [6.07, 6.45) is 4.42. The molecule has 0 atom stereocenters. The first-order chi connectivity index (χ1) is 9.39. The van der Waals surface area contributed by atoms with Crippen molar-refractivity contribution >= 4 is 0 Å². The second-order valence-electron chi connectivity index (χ2n) is 6.53. The van der Waals surface area contributed by atoms with Gasteiger partial charge in [-0.25, -0.2) is 0 Å². The Hall–Kier alpha value is -0.860. The van der Waals surface area contributed by atoms with Gasteiger partial charge in [-0.15, -0.1) is 0 Å². The van der Waals surface area contributed by atoms with Crippen molar-refractivity contribution in [3.63, 3.8) is 0 Å². The lowest BCUT2D eigenvalue weighted by atomic mass is 9.74. The zero-order valence-electron chi connectivity index (χ0n) is 13.4. The van der Waals surface area contributed by atoms with E-state index in [1.165, 1.54) is 12.8 Å². The Balaban J connectivity index is 0.000000204. The van der Waals surface area contributed by atoms with E-state index in [1.807, 2.05) is 31.2 Å². The van der Waals surface area contributed by atoms with Crippen LogP contribution in [0.2, 0.25) is 0 Å². The molecule has 1 aliphatic rings. The van der Waals surface area contributed by atoms with Gasteiger partial charge in [-0.05, 0) is 55.6 Å². The van der Waals surface area contributed by atoms with E-state index in [9.17, 15) is 5.11 Å². The largest absolute Gasteiger partial charge is 0.392 e. The smallest absolute Gasteiger partial charge is 0.0684 e. The molecule has 2 nitrogen and oxygen atoms in total. The summed E-state index contributed by atoms with van der Waals surface area (Å²) in [6.45, 7) is 8.66. The molecular weight excluding hydrogens is 248 g/mol. The van der Waals surface area contributed by atoms with Crippen molar-refractivity contribution in [1.82, 2.24) is 0 Å². The highest BCUT2D eigenvalue weighted by molar-refractivity contribution is 5.24. The summed E-state index contributed by atoms with van der Waals surface area (Å²) in [5.41, 5.74) is 1.82. The highest BCUT2D eigenvalue weighted by atomic mass is 16.3. The molecule has 0 unspecified atom stereocenters. The fraction of sp³-hybridized carbons (Fsp3) is 0.667. The van der Waals surface area contributed by atoms with E-state index in [-0.39, 0.29) is 12.2 Å². The Kier molecular flexibility index (Phi) is 6.70. The number of rotatable bonds is 2. The number of aliphatic hydroxyl groups is 2. The highest BCUT2D eigenvalue weighted by Gasteiger charge is 2.34. The molecule has 2 rings (SSSR count). The zero-order valence-corrected chi connectivity index (χ0v) is 13.4. The number of hydrogen-bond donors (Lipinski definition) is 2. The Bertz CT molecular complexity index is 390. The summed E-state index contributed by atoms with van der Waals surface area (Å²) >= 11 is 0. The van der Waals surface area contributed by atoms with Crippen LogP contribution in [0.3, 0.4) is 0 Å². The van der Waals surface area contributed by atoms with Crippen LogP contribution in [0.1, 0.15) is 57.6 Å². The Morgan fingerprint density at radius 1 is 1.20 bits per heavy atom. The van der Waals surface area contributed by atoms with Crippen molar-refractivity contribution in [2.24, 2.45) is 11.8 Å². The molecule has 1 aromatic rings. The zero-order chi connectivity index (χ0) is 15.2. The molecule has 1 fully saturated rings. The van der Waals surface area contributed by atoms with Crippen LogP contribution in [0.4, 0.5) is 0 Å². The molecule has 1 aliphatic carbocycles. The van der Waals surface area contributed by atoms with Crippen LogP contribution in [-0.2, 0) is 6.61 Å². The normalized spacial score (nSPS) is 26.1. The topological polar surface area (TPSA) is 40.5 Å². The van der Waals surface area contributed by atoms with E-state index in [0.29, 0.717) is 5.92 Å². The van der Waals surface area contributed by atoms with Crippen molar-refractivity contribution in [1.29, 1.82) is 0 Å². The van der Waals surface area contributed by atoms with E-state index >= 15 is 0 Å². The van der Waals surface area contributed by atoms with Crippen LogP contribution in [0.5, 0.6) is 0 Å². The molecule has 0 aliphatic heterocycles. The predicted octanol–water partition coefficient (Wildman–Crippen LogP) is 4.07. The van der Waals surface area contributed by atoms with Crippen LogP contribution < -0.4 is 0 Å². The van der Waals surface area contributed by atoms with Crippen molar-refractivity contribution in [3.8, 4) is 0 Å². The number of hydrogen-bond acceptors (Lipinski definition) is 2. The SMILES string of the molecule is CC1CCC(O)(C(C)C)CC1.Cc1ccccc1CO. The average Bonchev–Trinajstić information content (AvgIpc) is 2.43. The summed E-state index contributed by atoms with van der Waals surface area (Å²) in [5, 5.41) is 18.8. The second-order valence-corrected chi connectivity index (χ2v) is 6.53. The number of benzene rings is 1. The standard InChI is InChI=1S/C10H20O.C8H10O/c1-8(2)10(11)6-4-9(3)5-7-10;1-7-4-2-3-5-8(7)6-9/h8-9,11H,4-7H2,1-3H3;2-5,9H,6H2,1H3. The molecule has 20 heavy (non-hydrogen) atoms. The lowest BCUT2D eigenvalue weighted by molar-refractivity contribution is -0.0460. The van der Waals surface area contributed by atoms with Gasteiger partial charge < -0.3 is 10.2 Å². The maximum Gasteiger partial charge on any atom is 0.0684 e. The maximum absolute atomic E-state index is 10.1. The third kappa shape index (κ3) is 4.92. The van der Waals surface area contributed by atoms with Gasteiger partial charge in [-0.2, -0.15) is 0 Å². The van der Waals surface area contributed by atoms with Gasteiger partial charge in [0.1, 0.15) is 0 Å². The van der Waals surface area contributed by atoms with Crippen molar-refractivity contribution in [2.75, 3.05) is 0 Å². The Labute approximate surface area is 123 Å². The quantitative estimate of drug-likeness (QED) is 0.856. The van der Waals surface area contributed by atoms with Crippen LogP contribution in [0.25, 0.3) is 0 Å². The lowest BCUT2D eigenvalue weighted by Crippen LogP contribution is -2.38. The molecule has 0 saturated heterocycles. The highest BCUT2D eigenvalue weighted by Crippen LogP contribution is 2.36. The minimum atomic E-state index is -0.341. The van der Waals surface area contributed by atoms with E-state index in [2.05, 4.69) is 20.8 Å². The van der Waals surface area contributed by atoms with Gasteiger partial charge in [0.2, 0.25) is 0 Å². The summed E-state index contributed by atoms with van der Waals surface area (Å²) in [5.74, 6) is 1.25. The van der Waals surface area contributed by atoms with Gasteiger partial charge in [-0.1, -0.05) is 45.0 Å². The van der Waals surface area contributed by atoms with Crippen molar-refractivity contribution < 1.29 is 10.2 Å². The van der Waals surface area contributed by atoms with E-state index < -0.39 is 0 Å². The van der Waals surface area contributed by atoms with Crippen molar-refractivity contribution in [3.05, 3.63) is 35.4 Å². The first kappa shape index (κ1) is 17.2. The first-order valence-electron chi connectivity index (χ1n) is 7.77. The van der Waals surface area contributed by atoms with Gasteiger partial charge in [0, 0.05) is 0 Å². The summed E-state index contributed by atoms with van der Waals surface area (Å²) in [4.78, 5) is 0. The fourth-order valence-electron chi connectivity index (χ4n) is 2.63. The molecule has 0 spiro atoms. The molecule has 1 saturated carbocycles. The number of aryl methyl sites for hydroxylation is 1. The Morgan fingerprint density at radius 3 is 2.15 bits per heavy atom. The van der Waals surface area contributed by atoms with Gasteiger partial charge in [-0.3, -0.25) is 0 Å². The van der Waals surface area contributed by atoms with Gasteiger partial charge in [0.25, 0.3) is 0 Å². The second kappa shape index (κ2) is 7.80. The van der Waals surface area contributed by atoms with E-state index in [0.717, 1.165) is 29.9 Å². The molecular formula is C18H30O2. The molecule has 2 N–H and O–H groups in total. The van der Waals surface area contributed by atoms with Crippen LogP contribution in [-0.4, -0.2) is 15.8 Å². The molecule has 0 bridgehead atoms. The summed E-state index contributed by atoms with van der Waals surface area (Å²) in [6, 6.07) is 7.81. The average molecular weight is 278 g/mol. The molecule has 0 aromatic heterocycles. The summed E-state index contributed by atoms with van der Waals surface area (Å²) in [7, 11) is 0. The van der Waals surface area contributed by atoms with E-state index in [4.69, 9.17) is 5.11 Å². The minimum Gasteiger partial charge on any atom is -0.392 e. The lowest BCUT2D eigenvalue weighted by Gasteiger charge is -2.38. The van der Waals surface area contributed by atoms with Crippen LogP contribution >= 0.6 is 0 Å². The monoisotopic (exact) mass is 278 g/mol. The van der Waals surface area contributed by atoms with Crippen molar-refractivity contribution in [2.45, 2.75) is 65.6 Å². The minimum absolute atomic E-state index is 0.146. The van der Waals surface area contributed by atoms with E-state index in [1.54, 1.807) is 0 Å².